The number of hydrogen-bond acceptors (Lipinski definition) is 7. The van der Waals surface area contributed by atoms with Crippen LogP contribution in [0.25, 0.3) is 21.8 Å². The lowest BCUT2D eigenvalue weighted by Gasteiger charge is -2.16. The quantitative estimate of drug-likeness (QED) is 0.155. The van der Waals surface area contributed by atoms with E-state index in [1.54, 1.807) is 48.7 Å². The molecule has 8 atom stereocenters. The van der Waals surface area contributed by atoms with Gasteiger partial charge in [0.2, 0.25) is 0 Å². The summed E-state index contributed by atoms with van der Waals surface area (Å²) in [5, 5.41) is 12.1. The van der Waals surface area contributed by atoms with E-state index in [0.717, 1.165) is 78.9 Å². The van der Waals surface area contributed by atoms with Gasteiger partial charge in [-0.3, -0.25) is 24.5 Å². The summed E-state index contributed by atoms with van der Waals surface area (Å²) in [5.74, 6) is 3.97. The van der Waals surface area contributed by atoms with Crippen LogP contribution in [-0.2, 0) is 16.0 Å². The minimum atomic E-state index is -0.679. The van der Waals surface area contributed by atoms with E-state index in [4.69, 9.17) is 34.0 Å². The molecule has 8 nitrogen and oxygen atoms in total. The number of nitrogens with zero attached hydrogens (tertiary/aromatic N) is 4. The van der Waals surface area contributed by atoms with Gasteiger partial charge in [0, 0.05) is 60.5 Å². The van der Waals surface area contributed by atoms with Gasteiger partial charge in [0.1, 0.15) is 23.2 Å². The first-order chi connectivity index (χ1) is 29.4. The number of benzene rings is 2. The molecule has 10 rings (SSSR count). The Morgan fingerprint density at radius 1 is 0.607 bits per heavy atom. The maximum Gasteiger partial charge on any atom is 0.303 e. The zero-order valence-electron chi connectivity index (χ0n) is 33.8. The van der Waals surface area contributed by atoms with Gasteiger partial charge in [-0.2, -0.15) is 0 Å². The van der Waals surface area contributed by atoms with Crippen molar-refractivity contribution in [2.75, 3.05) is 5.73 Å². The molecule has 61 heavy (non-hydrogen) atoms. The highest BCUT2D eigenvalue weighted by atomic mass is 35.5. The van der Waals surface area contributed by atoms with Crippen LogP contribution < -0.4 is 5.73 Å². The highest BCUT2D eigenvalue weighted by molar-refractivity contribution is 6.30. The number of rotatable bonds is 8. The van der Waals surface area contributed by atoms with Crippen molar-refractivity contribution in [2.24, 2.45) is 35.5 Å². The fraction of sp³-hybridized carbons (Fsp3) is 0.388. The number of carbonyl (C=O) groups is 2. The molecule has 2 aromatic carbocycles. The fourth-order valence-electron chi connectivity index (χ4n) is 11.1. The second kappa shape index (κ2) is 18.9. The van der Waals surface area contributed by atoms with Gasteiger partial charge >= 0.3 is 5.97 Å². The molecule has 4 unspecified atom stereocenters. The molecule has 0 spiro atoms. The van der Waals surface area contributed by atoms with Gasteiger partial charge in [-0.1, -0.05) is 23.2 Å². The van der Waals surface area contributed by atoms with Gasteiger partial charge in [0.15, 0.2) is 0 Å². The fourth-order valence-corrected chi connectivity index (χ4v) is 11.3. The second-order valence-electron chi connectivity index (χ2n) is 17.6. The number of Topliss-reactive ketones (excluding diaryl/α,β-unsaturated/α-hetero) is 1. The molecule has 4 heterocycles. The van der Waals surface area contributed by atoms with E-state index >= 15 is 0 Å². The zero-order chi connectivity index (χ0) is 42.6. The second-order valence-corrected chi connectivity index (χ2v) is 18.4. The van der Waals surface area contributed by atoms with Crippen LogP contribution in [0.4, 0.5) is 14.6 Å². The summed E-state index contributed by atoms with van der Waals surface area (Å²) in [7, 11) is 0. The molecule has 0 saturated heterocycles. The maximum absolute atomic E-state index is 13.8. The number of anilines is 1. The van der Waals surface area contributed by atoms with Crippen molar-refractivity contribution in [3.05, 3.63) is 136 Å². The van der Waals surface area contributed by atoms with Crippen LogP contribution in [0, 0.1) is 47.1 Å². The van der Waals surface area contributed by atoms with Crippen molar-refractivity contribution in [2.45, 2.75) is 82.5 Å². The summed E-state index contributed by atoms with van der Waals surface area (Å²) in [4.78, 5) is 40.1. The molecule has 4 aromatic heterocycles. The Labute approximate surface area is 364 Å². The molecule has 6 aromatic rings. The number of nitrogens with two attached hydrogens (primary N) is 1. The average Bonchev–Trinajstić information content (AvgIpc) is 4.00. The van der Waals surface area contributed by atoms with E-state index in [9.17, 15) is 18.4 Å². The molecule has 4 aliphatic carbocycles. The molecular weight excluding hydrogens is 815 g/mol. The van der Waals surface area contributed by atoms with E-state index < -0.39 is 5.97 Å². The lowest BCUT2D eigenvalue weighted by atomic mass is 9.89. The molecule has 4 aliphatic rings. The maximum atomic E-state index is 13.8. The minimum absolute atomic E-state index is 0.205. The summed E-state index contributed by atoms with van der Waals surface area (Å²) in [6, 6.07) is 20.7. The third-order valence-electron chi connectivity index (χ3n) is 13.5. The average molecular weight is 865 g/mol. The van der Waals surface area contributed by atoms with E-state index in [0.29, 0.717) is 82.5 Å². The number of aromatic nitrogens is 4. The van der Waals surface area contributed by atoms with E-state index in [2.05, 4.69) is 26.0 Å². The predicted octanol–water partition coefficient (Wildman–Crippen LogP) is 11.8. The van der Waals surface area contributed by atoms with Crippen molar-refractivity contribution in [3.8, 4) is 0 Å². The Morgan fingerprint density at radius 3 is 1.51 bits per heavy atom. The number of halogens is 4. The monoisotopic (exact) mass is 863 g/mol. The number of aliphatic carboxylic acids is 1. The first-order valence-electron chi connectivity index (χ1n) is 21.2. The lowest BCUT2D eigenvalue weighted by molar-refractivity contribution is -0.138. The summed E-state index contributed by atoms with van der Waals surface area (Å²) in [5.41, 5.74) is 10.2. The van der Waals surface area contributed by atoms with Crippen molar-refractivity contribution in [3.63, 3.8) is 0 Å². The minimum Gasteiger partial charge on any atom is -0.481 e. The van der Waals surface area contributed by atoms with Crippen LogP contribution in [0.15, 0.2) is 97.6 Å². The number of carboxylic acid groups (broad SMARTS) is 1. The molecular formula is C49H49Cl2F2N5O3. The first kappa shape index (κ1) is 42.6. The van der Waals surface area contributed by atoms with Crippen molar-refractivity contribution in [1.82, 2.24) is 19.9 Å². The highest BCUT2D eigenvalue weighted by Gasteiger charge is 2.44. The third kappa shape index (κ3) is 10.5. The zero-order valence-corrected chi connectivity index (χ0v) is 35.3. The van der Waals surface area contributed by atoms with Crippen LogP contribution in [0.1, 0.15) is 92.9 Å². The molecule has 316 valence electrons. The Morgan fingerprint density at radius 2 is 1.08 bits per heavy atom. The number of fused-ring (bicyclic) bond motifs is 4. The van der Waals surface area contributed by atoms with Gasteiger partial charge < -0.3 is 10.8 Å². The molecule has 3 N–H and O–H groups in total. The van der Waals surface area contributed by atoms with Crippen LogP contribution >= 0.6 is 23.2 Å². The van der Waals surface area contributed by atoms with Crippen LogP contribution in [0.5, 0.6) is 0 Å². The Kier molecular flexibility index (Phi) is 13.2. The van der Waals surface area contributed by atoms with Gasteiger partial charge in [-0.05, 0) is 183 Å². The molecule has 4 fully saturated rings. The highest BCUT2D eigenvalue weighted by Crippen LogP contribution is 2.55. The van der Waals surface area contributed by atoms with Crippen LogP contribution in [0.3, 0.4) is 0 Å². The standard InChI is InChI=1S/C25H24ClFN2O.C19H20FNO2.C5H5ClN2/c26-19-1-3-21(29-14-19)13-22(30)9-15-7-16-10-18(11-17(16)8-15)23-5-6-28-25-4-2-20(27)12-24(23)25;20-15-1-2-18-17(10-15)16(3-4-21-18)14-8-12-5-11(7-19(22)23)6-13(12)9-14;6-4-1-2-5(7)8-3-4/h1-6,12,14-18H,7-11,13H2;1-4,10-14H,5-9H2,(H,22,23);1-3H,(H2,7,8)/t15?,16-,17+,18?;11?,12-,13+,14?;. The van der Waals surface area contributed by atoms with Crippen molar-refractivity contribution < 1.29 is 23.5 Å². The number of nitrogen functional groups attached to an aromatic ring is 1. The summed E-state index contributed by atoms with van der Waals surface area (Å²) in [6.07, 6.45) is 16.9. The molecule has 12 heteroatoms. The largest absolute Gasteiger partial charge is 0.481 e. The molecule has 4 saturated carbocycles. The van der Waals surface area contributed by atoms with E-state index in [1.165, 1.54) is 29.5 Å². The topological polar surface area (TPSA) is 132 Å². The van der Waals surface area contributed by atoms with E-state index in [1.807, 2.05) is 24.5 Å². The van der Waals surface area contributed by atoms with Gasteiger partial charge in [0.05, 0.1) is 21.1 Å². The number of carbonyl (C=O) groups excluding carboxylic acids is 1. The number of carboxylic acids is 1. The normalized spacial score (nSPS) is 25.0. The Bertz CT molecular complexity index is 2460. The van der Waals surface area contributed by atoms with Gasteiger partial charge in [-0.15, -0.1) is 0 Å². The van der Waals surface area contributed by atoms with Gasteiger partial charge in [-0.25, -0.2) is 13.8 Å². The smallest absolute Gasteiger partial charge is 0.303 e. The van der Waals surface area contributed by atoms with Crippen molar-refractivity contribution >= 4 is 62.6 Å². The summed E-state index contributed by atoms with van der Waals surface area (Å²) < 4.78 is 27.4. The molecule has 0 aliphatic heterocycles. The summed E-state index contributed by atoms with van der Waals surface area (Å²) in [6.45, 7) is 0. The van der Waals surface area contributed by atoms with E-state index in [-0.39, 0.29) is 17.4 Å². The molecule has 0 amide bonds. The van der Waals surface area contributed by atoms with Gasteiger partial charge in [0.25, 0.3) is 0 Å². The number of ketones is 1. The SMILES string of the molecule is Nc1ccc(Cl)cn1.O=C(Cc1ccc(Cl)cn1)CC1C[C@@H]2CC(c3ccnc4ccc(F)cc34)C[C@@H]2C1.O=C(O)CC1C[C@@H]2CC(c3ccnc4ccc(F)cc34)C[C@@H]2C1. The van der Waals surface area contributed by atoms with Crippen molar-refractivity contribution in [1.29, 1.82) is 0 Å². The first-order valence-corrected chi connectivity index (χ1v) is 22.0. The third-order valence-corrected chi connectivity index (χ3v) is 13.9. The summed E-state index contributed by atoms with van der Waals surface area (Å²) >= 11 is 11.4. The number of hydrogen-bond donors (Lipinski definition) is 2. The Hall–Kier alpha value is -5.06. The molecule has 0 bridgehead atoms. The number of pyridine rings is 4. The van der Waals surface area contributed by atoms with Crippen LogP contribution in [-0.4, -0.2) is 36.8 Å². The Balaban J connectivity index is 0.000000146. The lowest BCUT2D eigenvalue weighted by Crippen LogP contribution is -2.10. The predicted molar refractivity (Wildman–Crippen MR) is 235 cm³/mol. The van der Waals surface area contributed by atoms with Crippen LogP contribution in [0.2, 0.25) is 10.0 Å². The molecule has 0 radical (unpaired) electrons.